The van der Waals surface area contributed by atoms with Crippen LogP contribution >= 0.6 is 0 Å². The minimum Gasteiger partial charge on any atom is -0.193 e. The Morgan fingerprint density at radius 1 is 1.35 bits per heavy atom. The molecule has 0 amide bonds. The molecular weight excluding hydrogens is 206 g/mol. The number of hydrogen-bond donors (Lipinski definition) is 0. The summed E-state index contributed by atoms with van der Waals surface area (Å²) in [5.74, 6) is 0.876. The van der Waals surface area contributed by atoms with E-state index in [1.807, 2.05) is 0 Å². The second-order valence-electron chi connectivity index (χ2n) is 4.60. The molecule has 0 aromatic heterocycles. The lowest BCUT2D eigenvalue weighted by Crippen LogP contribution is -1.78. The van der Waals surface area contributed by atoms with Crippen molar-refractivity contribution >= 4 is 5.57 Å². The molecule has 0 heterocycles. The van der Waals surface area contributed by atoms with Crippen molar-refractivity contribution in [1.82, 2.24) is 0 Å². The minimum atomic E-state index is 0.876. The summed E-state index contributed by atoms with van der Waals surface area (Å²) in [7, 11) is 0. The number of hydrogen-bond acceptors (Lipinski definition) is 1. The number of nitriles is 1. The van der Waals surface area contributed by atoms with Crippen LogP contribution in [-0.4, -0.2) is 0 Å². The van der Waals surface area contributed by atoms with Gasteiger partial charge in [0, 0.05) is 6.08 Å². The van der Waals surface area contributed by atoms with Crippen LogP contribution in [0.4, 0.5) is 0 Å². The molecule has 1 heteroatoms. The molecule has 1 aromatic carbocycles. The molecule has 1 atom stereocenters. The number of rotatable bonds is 0. The molecule has 3 rings (SSSR count). The lowest BCUT2D eigenvalue weighted by Gasteiger charge is -1.98. The maximum Gasteiger partial charge on any atom is 0.0905 e. The van der Waals surface area contributed by atoms with Gasteiger partial charge in [-0.25, -0.2) is 0 Å². The van der Waals surface area contributed by atoms with E-state index in [2.05, 4.69) is 37.8 Å². The van der Waals surface area contributed by atoms with Crippen LogP contribution in [0.3, 0.4) is 0 Å². The zero-order valence-corrected chi connectivity index (χ0v) is 10.2. The second-order valence-corrected chi connectivity index (χ2v) is 4.60. The highest BCUT2D eigenvalue weighted by atomic mass is 14.4. The van der Waals surface area contributed by atoms with E-state index < -0.39 is 0 Å². The summed E-state index contributed by atoms with van der Waals surface area (Å²) in [6.45, 7) is 5.45. The summed E-state index contributed by atoms with van der Waals surface area (Å²) >= 11 is 0. The van der Waals surface area contributed by atoms with E-state index >= 15 is 0 Å². The fraction of sp³-hybridized carbons (Fsp3) is 0.312. The van der Waals surface area contributed by atoms with Gasteiger partial charge in [-0.15, -0.1) is 0 Å². The Bertz CT molecular complexity index is 503. The van der Waals surface area contributed by atoms with Gasteiger partial charge < -0.3 is 0 Å². The average molecular weight is 223 g/mol. The van der Waals surface area contributed by atoms with Gasteiger partial charge in [-0.3, -0.25) is 0 Å². The first-order chi connectivity index (χ1) is 8.27. The molecule has 0 aliphatic heterocycles. The number of nitrogens with zero attached hydrogens (tertiary/aromatic N) is 1. The summed E-state index contributed by atoms with van der Waals surface area (Å²) in [5, 5.41) is 7.51. The minimum absolute atomic E-state index is 0.876. The maximum absolute atomic E-state index is 7.51. The summed E-state index contributed by atoms with van der Waals surface area (Å²) < 4.78 is 0. The molecule has 1 fully saturated rings. The van der Waals surface area contributed by atoms with Gasteiger partial charge in [0.2, 0.25) is 0 Å². The van der Waals surface area contributed by atoms with Crippen LogP contribution in [-0.2, 0) is 6.42 Å². The van der Waals surface area contributed by atoms with Gasteiger partial charge in [0.15, 0.2) is 0 Å². The first-order valence-electron chi connectivity index (χ1n) is 6.08. The second kappa shape index (κ2) is 5.01. The van der Waals surface area contributed by atoms with Crippen LogP contribution in [0, 0.1) is 17.2 Å². The van der Waals surface area contributed by atoms with Crippen LogP contribution < -0.4 is 0 Å². The van der Waals surface area contributed by atoms with E-state index in [0.717, 1.165) is 5.92 Å². The monoisotopic (exact) mass is 223 g/mol. The SMILES string of the molecule is C=CC#N.CC1CC1=C1CCc2ccccc21. The van der Waals surface area contributed by atoms with Crippen molar-refractivity contribution in [3.05, 3.63) is 53.6 Å². The van der Waals surface area contributed by atoms with E-state index in [9.17, 15) is 0 Å². The highest BCUT2D eigenvalue weighted by molar-refractivity contribution is 5.77. The Balaban J connectivity index is 0.000000239. The first kappa shape index (κ1) is 11.7. The third-order valence-electron chi connectivity index (χ3n) is 3.43. The van der Waals surface area contributed by atoms with E-state index in [-0.39, 0.29) is 0 Å². The van der Waals surface area contributed by atoms with Gasteiger partial charge in [-0.1, -0.05) is 43.3 Å². The number of fused-ring (bicyclic) bond motifs is 1. The van der Waals surface area contributed by atoms with Crippen molar-refractivity contribution in [3.8, 4) is 6.07 Å². The third kappa shape index (κ3) is 2.47. The molecule has 1 aromatic rings. The van der Waals surface area contributed by atoms with Gasteiger partial charge in [0.25, 0.3) is 0 Å². The fourth-order valence-corrected chi connectivity index (χ4v) is 2.45. The van der Waals surface area contributed by atoms with E-state index in [1.165, 1.54) is 25.3 Å². The standard InChI is InChI=1S/C13H14.C3H3N/c1-9-8-13(9)12-7-6-10-4-2-3-5-11(10)12;1-2-3-4/h2-5,9H,6-8H2,1H3;2H,1H2. The zero-order valence-electron chi connectivity index (χ0n) is 10.2. The Labute approximate surface area is 103 Å². The van der Waals surface area contributed by atoms with E-state index in [1.54, 1.807) is 28.3 Å². The van der Waals surface area contributed by atoms with Crippen molar-refractivity contribution in [3.63, 3.8) is 0 Å². The first-order valence-corrected chi connectivity index (χ1v) is 6.08. The molecule has 1 saturated carbocycles. The highest BCUT2D eigenvalue weighted by Crippen LogP contribution is 2.47. The Morgan fingerprint density at radius 2 is 2.00 bits per heavy atom. The van der Waals surface area contributed by atoms with Crippen molar-refractivity contribution in [2.45, 2.75) is 26.2 Å². The predicted octanol–water partition coefficient (Wildman–Crippen LogP) is 4.12. The Kier molecular flexibility index (Phi) is 3.44. The molecule has 86 valence electrons. The molecule has 0 saturated heterocycles. The Morgan fingerprint density at radius 3 is 2.59 bits per heavy atom. The smallest absolute Gasteiger partial charge is 0.0905 e. The van der Waals surface area contributed by atoms with Gasteiger partial charge in [0.1, 0.15) is 0 Å². The van der Waals surface area contributed by atoms with Gasteiger partial charge in [0.05, 0.1) is 6.07 Å². The van der Waals surface area contributed by atoms with Gasteiger partial charge in [-0.05, 0) is 41.9 Å². The average Bonchev–Trinajstić information content (AvgIpc) is 2.94. The summed E-state index contributed by atoms with van der Waals surface area (Å²) in [6.07, 6.45) is 5.09. The molecule has 0 N–H and O–H groups in total. The van der Waals surface area contributed by atoms with Crippen molar-refractivity contribution in [2.24, 2.45) is 5.92 Å². The number of allylic oxidation sites excluding steroid dienone is 3. The van der Waals surface area contributed by atoms with Crippen molar-refractivity contribution in [2.75, 3.05) is 0 Å². The lowest BCUT2D eigenvalue weighted by molar-refractivity contribution is 1.01. The molecule has 2 aliphatic rings. The molecule has 0 spiro atoms. The fourth-order valence-electron chi connectivity index (χ4n) is 2.45. The molecule has 0 radical (unpaired) electrons. The quantitative estimate of drug-likeness (QED) is 0.607. The molecule has 2 aliphatic carbocycles. The highest BCUT2D eigenvalue weighted by Gasteiger charge is 2.31. The summed E-state index contributed by atoms with van der Waals surface area (Å²) in [5.41, 5.74) is 6.50. The lowest BCUT2D eigenvalue weighted by atomic mass is 10.1. The van der Waals surface area contributed by atoms with Crippen molar-refractivity contribution in [1.29, 1.82) is 5.26 Å². The maximum atomic E-state index is 7.51. The predicted molar refractivity (Wildman–Crippen MR) is 71.3 cm³/mol. The van der Waals surface area contributed by atoms with Gasteiger partial charge >= 0.3 is 0 Å². The zero-order chi connectivity index (χ0) is 12.3. The number of benzene rings is 1. The molecule has 1 nitrogen and oxygen atoms in total. The topological polar surface area (TPSA) is 23.8 Å². The van der Waals surface area contributed by atoms with Crippen molar-refractivity contribution < 1.29 is 0 Å². The molecule has 1 unspecified atom stereocenters. The molecule has 0 bridgehead atoms. The third-order valence-corrected chi connectivity index (χ3v) is 3.43. The largest absolute Gasteiger partial charge is 0.193 e. The van der Waals surface area contributed by atoms with Crippen LogP contribution in [0.1, 0.15) is 30.9 Å². The molecule has 17 heavy (non-hydrogen) atoms. The van der Waals surface area contributed by atoms with Gasteiger partial charge in [-0.2, -0.15) is 5.26 Å². The summed E-state index contributed by atoms with van der Waals surface area (Å²) in [6, 6.07) is 10.6. The van der Waals surface area contributed by atoms with Crippen LogP contribution in [0.25, 0.3) is 5.57 Å². The van der Waals surface area contributed by atoms with E-state index in [0.29, 0.717) is 0 Å². The van der Waals surface area contributed by atoms with E-state index in [4.69, 9.17) is 5.26 Å². The van der Waals surface area contributed by atoms with Crippen LogP contribution in [0.5, 0.6) is 0 Å². The Hall–Kier alpha value is -1.81. The van der Waals surface area contributed by atoms with Crippen LogP contribution in [0.2, 0.25) is 0 Å². The molecular formula is C16H17N. The van der Waals surface area contributed by atoms with Crippen LogP contribution in [0.15, 0.2) is 42.5 Å². The number of aryl methyl sites for hydroxylation is 1. The summed E-state index contributed by atoms with van der Waals surface area (Å²) in [4.78, 5) is 0. The normalized spacial score (nSPS) is 24.1.